The van der Waals surface area contributed by atoms with E-state index in [1.165, 1.54) is 37.7 Å². The van der Waals surface area contributed by atoms with E-state index in [1.807, 2.05) is 12.1 Å². The minimum Gasteiger partial charge on any atom is -0.197 e. The molecule has 94 valence electrons. The van der Waals surface area contributed by atoms with Crippen LogP contribution in [0.1, 0.15) is 50.5 Å². The maximum absolute atomic E-state index is 9.66. The standard InChI is InChI=1S/C16H18BrN/c17-14-7-3-2-6-13(14)16(12-18)10-15(11-16)8-4-1-5-9-15/h2-3,6-7H,1,4-5,8-11H2. The smallest absolute Gasteiger partial charge is 0.0843 e. The van der Waals surface area contributed by atoms with Crippen LogP contribution >= 0.6 is 15.9 Å². The molecule has 0 amide bonds. The Bertz CT molecular complexity index is 486. The highest BCUT2D eigenvalue weighted by atomic mass is 79.9. The first-order chi connectivity index (χ1) is 8.70. The highest BCUT2D eigenvalue weighted by molar-refractivity contribution is 9.10. The van der Waals surface area contributed by atoms with Gasteiger partial charge < -0.3 is 0 Å². The summed E-state index contributed by atoms with van der Waals surface area (Å²) in [6.45, 7) is 0. The summed E-state index contributed by atoms with van der Waals surface area (Å²) in [6, 6.07) is 10.9. The van der Waals surface area contributed by atoms with Gasteiger partial charge in [-0.2, -0.15) is 5.26 Å². The van der Waals surface area contributed by atoms with Crippen LogP contribution in [-0.2, 0) is 5.41 Å². The van der Waals surface area contributed by atoms with E-state index in [0.29, 0.717) is 5.41 Å². The molecule has 1 aromatic rings. The van der Waals surface area contributed by atoms with Gasteiger partial charge >= 0.3 is 0 Å². The number of nitrogens with zero attached hydrogens (tertiary/aromatic N) is 1. The molecule has 0 aromatic heterocycles. The SMILES string of the molecule is N#CC1(c2ccccc2Br)CC2(CCCCC2)C1. The van der Waals surface area contributed by atoms with Gasteiger partial charge in [-0.1, -0.05) is 53.4 Å². The van der Waals surface area contributed by atoms with Crippen LogP contribution in [0.15, 0.2) is 28.7 Å². The zero-order valence-electron chi connectivity index (χ0n) is 10.6. The van der Waals surface area contributed by atoms with Crippen molar-refractivity contribution in [1.29, 1.82) is 5.26 Å². The van der Waals surface area contributed by atoms with Gasteiger partial charge in [0.2, 0.25) is 0 Å². The van der Waals surface area contributed by atoms with Gasteiger partial charge in [0.05, 0.1) is 11.5 Å². The van der Waals surface area contributed by atoms with Crippen molar-refractivity contribution in [3.63, 3.8) is 0 Å². The molecule has 18 heavy (non-hydrogen) atoms. The average molecular weight is 304 g/mol. The van der Waals surface area contributed by atoms with Gasteiger partial charge in [-0.15, -0.1) is 0 Å². The van der Waals surface area contributed by atoms with Crippen LogP contribution in [0.5, 0.6) is 0 Å². The Morgan fingerprint density at radius 3 is 2.33 bits per heavy atom. The fourth-order valence-electron chi connectivity index (χ4n) is 4.06. The maximum Gasteiger partial charge on any atom is 0.0843 e. The monoisotopic (exact) mass is 303 g/mol. The number of benzene rings is 1. The van der Waals surface area contributed by atoms with Gasteiger partial charge in [0.25, 0.3) is 0 Å². The van der Waals surface area contributed by atoms with E-state index in [-0.39, 0.29) is 5.41 Å². The van der Waals surface area contributed by atoms with Crippen LogP contribution in [0, 0.1) is 16.7 Å². The van der Waals surface area contributed by atoms with Crippen molar-refractivity contribution in [2.24, 2.45) is 5.41 Å². The van der Waals surface area contributed by atoms with Gasteiger partial charge in [0, 0.05) is 4.47 Å². The molecule has 0 N–H and O–H groups in total. The lowest BCUT2D eigenvalue weighted by Crippen LogP contribution is -2.49. The molecule has 0 bridgehead atoms. The molecule has 1 aromatic carbocycles. The third-order valence-corrected chi connectivity index (χ3v) is 5.56. The van der Waals surface area contributed by atoms with Crippen molar-refractivity contribution in [3.8, 4) is 6.07 Å². The largest absolute Gasteiger partial charge is 0.197 e. The molecule has 0 radical (unpaired) electrons. The Hall–Kier alpha value is -0.810. The number of hydrogen-bond acceptors (Lipinski definition) is 1. The molecule has 2 saturated carbocycles. The average Bonchev–Trinajstić information content (AvgIpc) is 2.37. The molecule has 3 rings (SSSR count). The molecule has 1 nitrogen and oxygen atoms in total. The highest BCUT2D eigenvalue weighted by Gasteiger charge is 2.56. The molecule has 0 atom stereocenters. The first-order valence-corrected chi connectivity index (χ1v) is 7.65. The predicted octanol–water partition coefficient (Wildman–Crippen LogP) is 4.95. The van der Waals surface area contributed by atoms with Crippen molar-refractivity contribution in [1.82, 2.24) is 0 Å². The second kappa shape index (κ2) is 4.38. The number of nitriles is 1. The Balaban J connectivity index is 1.87. The zero-order valence-corrected chi connectivity index (χ0v) is 12.2. The van der Waals surface area contributed by atoms with Crippen LogP contribution in [-0.4, -0.2) is 0 Å². The van der Waals surface area contributed by atoms with Crippen molar-refractivity contribution in [3.05, 3.63) is 34.3 Å². The summed E-state index contributed by atoms with van der Waals surface area (Å²) in [7, 11) is 0. The summed E-state index contributed by atoms with van der Waals surface area (Å²) in [6.07, 6.45) is 8.91. The molecular weight excluding hydrogens is 286 g/mol. The van der Waals surface area contributed by atoms with Crippen LogP contribution in [0.2, 0.25) is 0 Å². The second-order valence-corrected chi connectivity index (χ2v) is 6.94. The van der Waals surface area contributed by atoms with E-state index in [9.17, 15) is 5.26 Å². The van der Waals surface area contributed by atoms with Crippen LogP contribution in [0.4, 0.5) is 0 Å². The first kappa shape index (κ1) is 12.2. The summed E-state index contributed by atoms with van der Waals surface area (Å²) >= 11 is 3.61. The molecule has 2 aliphatic rings. The van der Waals surface area contributed by atoms with Crippen molar-refractivity contribution in [2.75, 3.05) is 0 Å². The van der Waals surface area contributed by atoms with E-state index in [1.54, 1.807) is 0 Å². The van der Waals surface area contributed by atoms with E-state index >= 15 is 0 Å². The molecule has 0 heterocycles. The Morgan fingerprint density at radius 2 is 1.72 bits per heavy atom. The summed E-state index contributed by atoms with van der Waals surface area (Å²) in [5.74, 6) is 0. The fourth-order valence-corrected chi connectivity index (χ4v) is 4.73. The van der Waals surface area contributed by atoms with E-state index in [2.05, 4.69) is 34.1 Å². The normalized spacial score (nSPS) is 24.2. The van der Waals surface area contributed by atoms with Gasteiger partial charge in [0.1, 0.15) is 0 Å². The number of halogens is 1. The molecular formula is C16H18BrN. The highest BCUT2D eigenvalue weighted by Crippen LogP contribution is 2.62. The molecule has 0 unspecified atom stereocenters. The quantitative estimate of drug-likeness (QED) is 0.719. The Morgan fingerprint density at radius 1 is 1.06 bits per heavy atom. The Labute approximate surface area is 117 Å². The summed E-state index contributed by atoms with van der Waals surface area (Å²) in [5.41, 5.74) is 1.46. The predicted molar refractivity (Wildman–Crippen MR) is 76.2 cm³/mol. The van der Waals surface area contributed by atoms with E-state index < -0.39 is 0 Å². The van der Waals surface area contributed by atoms with Crippen molar-refractivity contribution < 1.29 is 0 Å². The summed E-state index contributed by atoms with van der Waals surface area (Å²) < 4.78 is 1.09. The molecule has 2 heteroatoms. The third kappa shape index (κ3) is 1.80. The zero-order chi connectivity index (χ0) is 12.6. The van der Waals surface area contributed by atoms with Gasteiger partial charge in [-0.25, -0.2) is 0 Å². The summed E-state index contributed by atoms with van der Waals surface area (Å²) in [5, 5.41) is 9.66. The van der Waals surface area contributed by atoms with Crippen LogP contribution in [0.25, 0.3) is 0 Å². The topological polar surface area (TPSA) is 23.8 Å². The van der Waals surface area contributed by atoms with Crippen molar-refractivity contribution >= 4 is 15.9 Å². The van der Waals surface area contributed by atoms with Crippen LogP contribution < -0.4 is 0 Å². The molecule has 1 spiro atoms. The molecule has 0 aliphatic heterocycles. The van der Waals surface area contributed by atoms with Crippen molar-refractivity contribution in [2.45, 2.75) is 50.4 Å². The Kier molecular flexibility index (Phi) is 2.98. The fraction of sp³-hybridized carbons (Fsp3) is 0.562. The van der Waals surface area contributed by atoms with Gasteiger partial charge in [-0.05, 0) is 42.7 Å². The lowest BCUT2D eigenvalue weighted by molar-refractivity contribution is 0.0165. The minimum atomic E-state index is -0.225. The lowest BCUT2D eigenvalue weighted by atomic mass is 9.47. The third-order valence-electron chi connectivity index (χ3n) is 4.87. The molecule has 2 aliphatic carbocycles. The molecule has 0 saturated heterocycles. The lowest BCUT2D eigenvalue weighted by Gasteiger charge is -2.55. The van der Waals surface area contributed by atoms with E-state index in [0.717, 1.165) is 17.3 Å². The first-order valence-electron chi connectivity index (χ1n) is 6.86. The maximum atomic E-state index is 9.66. The van der Waals surface area contributed by atoms with Gasteiger partial charge in [-0.3, -0.25) is 0 Å². The summed E-state index contributed by atoms with van der Waals surface area (Å²) in [4.78, 5) is 0. The molecule has 2 fully saturated rings. The second-order valence-electron chi connectivity index (χ2n) is 6.09. The number of rotatable bonds is 1. The number of hydrogen-bond donors (Lipinski definition) is 0. The minimum absolute atomic E-state index is 0.225. The van der Waals surface area contributed by atoms with Crippen LogP contribution in [0.3, 0.4) is 0 Å². The van der Waals surface area contributed by atoms with Gasteiger partial charge in [0.15, 0.2) is 0 Å². The van der Waals surface area contributed by atoms with E-state index in [4.69, 9.17) is 0 Å².